The molecular formula is C13H17N5O. The molecule has 1 aliphatic rings. The molecule has 19 heavy (non-hydrogen) atoms. The normalized spacial score (nSPS) is 14.5. The second kappa shape index (κ2) is 5.26. The van der Waals surface area contributed by atoms with Gasteiger partial charge >= 0.3 is 0 Å². The zero-order valence-electron chi connectivity index (χ0n) is 10.7. The molecule has 0 bridgehead atoms. The molecule has 1 aliphatic carbocycles. The molecule has 0 saturated heterocycles. The second-order valence-corrected chi connectivity index (χ2v) is 4.81. The highest BCUT2D eigenvalue weighted by molar-refractivity contribution is 5.76. The first-order chi connectivity index (χ1) is 9.31. The second-order valence-electron chi connectivity index (χ2n) is 4.81. The van der Waals surface area contributed by atoms with Gasteiger partial charge in [-0.15, -0.1) is 5.10 Å². The summed E-state index contributed by atoms with van der Waals surface area (Å²) in [6.45, 7) is 0.703. The van der Waals surface area contributed by atoms with Crippen molar-refractivity contribution in [2.45, 2.75) is 31.7 Å². The summed E-state index contributed by atoms with van der Waals surface area (Å²) in [5, 5.41) is 10.4. The fourth-order valence-corrected chi connectivity index (χ4v) is 1.88. The number of hydrogen-bond acceptors (Lipinski definition) is 4. The Morgan fingerprint density at radius 2 is 2.32 bits per heavy atom. The molecule has 0 radical (unpaired) electrons. The third-order valence-electron chi connectivity index (χ3n) is 3.05. The summed E-state index contributed by atoms with van der Waals surface area (Å²) in [7, 11) is 0. The number of anilines is 1. The molecule has 0 spiro atoms. The van der Waals surface area contributed by atoms with E-state index in [9.17, 15) is 4.79 Å². The first-order valence-electron chi connectivity index (χ1n) is 6.66. The Morgan fingerprint density at radius 3 is 3.11 bits per heavy atom. The van der Waals surface area contributed by atoms with Crippen LogP contribution in [0, 0.1) is 0 Å². The van der Waals surface area contributed by atoms with Gasteiger partial charge in [-0.2, -0.15) is 4.98 Å². The van der Waals surface area contributed by atoms with Crippen molar-refractivity contribution in [1.29, 1.82) is 0 Å². The van der Waals surface area contributed by atoms with Crippen LogP contribution in [0.15, 0.2) is 24.4 Å². The first-order valence-corrected chi connectivity index (χ1v) is 6.66. The minimum absolute atomic E-state index is 0.146. The standard InChI is InChI=1S/C13H17N5O/c19-12(15-10-6-7-10)5-3-8-14-13-16-11-4-1-2-9-18(11)17-13/h1-2,4,9-10H,3,5-8H2,(H,14,17)(H,15,19). The molecule has 6 nitrogen and oxygen atoms in total. The van der Waals surface area contributed by atoms with E-state index in [-0.39, 0.29) is 5.91 Å². The predicted molar refractivity (Wildman–Crippen MR) is 71.9 cm³/mol. The molecule has 0 aliphatic heterocycles. The molecule has 3 rings (SSSR count). The van der Waals surface area contributed by atoms with E-state index in [2.05, 4.69) is 20.7 Å². The van der Waals surface area contributed by atoms with Crippen molar-refractivity contribution < 1.29 is 4.79 Å². The zero-order chi connectivity index (χ0) is 13.1. The number of amides is 1. The van der Waals surface area contributed by atoms with E-state index in [1.807, 2.05) is 24.4 Å². The Kier molecular flexibility index (Phi) is 3.31. The van der Waals surface area contributed by atoms with E-state index < -0.39 is 0 Å². The summed E-state index contributed by atoms with van der Waals surface area (Å²) < 4.78 is 1.72. The van der Waals surface area contributed by atoms with Crippen LogP contribution in [0.5, 0.6) is 0 Å². The molecular weight excluding hydrogens is 242 g/mol. The van der Waals surface area contributed by atoms with Crippen LogP contribution in [-0.4, -0.2) is 33.1 Å². The van der Waals surface area contributed by atoms with Gasteiger partial charge in [0, 0.05) is 25.2 Å². The van der Waals surface area contributed by atoms with Gasteiger partial charge in [0.2, 0.25) is 11.9 Å². The molecule has 2 aromatic heterocycles. The summed E-state index contributed by atoms with van der Waals surface area (Å²) in [5.41, 5.74) is 0.816. The lowest BCUT2D eigenvalue weighted by molar-refractivity contribution is -0.121. The van der Waals surface area contributed by atoms with E-state index >= 15 is 0 Å². The van der Waals surface area contributed by atoms with Crippen LogP contribution in [0.4, 0.5) is 5.95 Å². The van der Waals surface area contributed by atoms with Gasteiger partial charge < -0.3 is 10.6 Å². The van der Waals surface area contributed by atoms with Crippen LogP contribution in [0.2, 0.25) is 0 Å². The van der Waals surface area contributed by atoms with E-state index in [0.717, 1.165) is 24.9 Å². The fourth-order valence-electron chi connectivity index (χ4n) is 1.88. The third-order valence-corrected chi connectivity index (χ3v) is 3.05. The van der Waals surface area contributed by atoms with Crippen molar-refractivity contribution in [3.63, 3.8) is 0 Å². The SMILES string of the molecule is O=C(CCCNc1nc2ccccn2n1)NC1CC1. The Morgan fingerprint density at radius 1 is 1.42 bits per heavy atom. The highest BCUT2D eigenvalue weighted by atomic mass is 16.1. The summed E-state index contributed by atoms with van der Waals surface area (Å²) in [4.78, 5) is 15.8. The van der Waals surface area contributed by atoms with Crippen LogP contribution >= 0.6 is 0 Å². The van der Waals surface area contributed by atoms with E-state index in [0.29, 0.717) is 25.0 Å². The van der Waals surface area contributed by atoms with Gasteiger partial charge in [0.15, 0.2) is 5.65 Å². The molecule has 2 aromatic rings. The number of nitrogens with one attached hydrogen (secondary N) is 2. The average Bonchev–Trinajstić information content (AvgIpc) is 3.11. The molecule has 6 heteroatoms. The van der Waals surface area contributed by atoms with Gasteiger partial charge in [0.25, 0.3) is 0 Å². The summed E-state index contributed by atoms with van der Waals surface area (Å²) in [5.74, 6) is 0.751. The van der Waals surface area contributed by atoms with Crippen molar-refractivity contribution in [1.82, 2.24) is 19.9 Å². The maximum Gasteiger partial charge on any atom is 0.243 e. The monoisotopic (exact) mass is 259 g/mol. The predicted octanol–water partition coefficient (Wildman–Crippen LogP) is 1.20. The number of hydrogen-bond donors (Lipinski definition) is 2. The number of nitrogens with zero attached hydrogens (tertiary/aromatic N) is 3. The number of pyridine rings is 1. The van der Waals surface area contributed by atoms with Crippen molar-refractivity contribution in [2.75, 3.05) is 11.9 Å². The maximum atomic E-state index is 11.5. The lowest BCUT2D eigenvalue weighted by Crippen LogP contribution is -2.25. The topological polar surface area (TPSA) is 71.3 Å². The number of carbonyl (C=O) groups is 1. The van der Waals surface area contributed by atoms with Crippen LogP contribution in [-0.2, 0) is 4.79 Å². The maximum absolute atomic E-state index is 11.5. The summed E-state index contributed by atoms with van der Waals surface area (Å²) in [6.07, 6.45) is 5.46. The van der Waals surface area contributed by atoms with Gasteiger partial charge in [-0.05, 0) is 31.4 Å². The van der Waals surface area contributed by atoms with Gasteiger partial charge in [-0.3, -0.25) is 4.79 Å². The number of fused-ring (bicyclic) bond motifs is 1. The van der Waals surface area contributed by atoms with E-state index in [4.69, 9.17) is 0 Å². The van der Waals surface area contributed by atoms with Gasteiger partial charge in [0.1, 0.15) is 0 Å². The van der Waals surface area contributed by atoms with Gasteiger partial charge in [-0.25, -0.2) is 4.52 Å². The molecule has 0 unspecified atom stereocenters. The molecule has 1 amide bonds. The minimum Gasteiger partial charge on any atom is -0.353 e. The first kappa shape index (κ1) is 12.0. The number of aromatic nitrogens is 3. The highest BCUT2D eigenvalue weighted by Crippen LogP contribution is 2.18. The van der Waals surface area contributed by atoms with Gasteiger partial charge in [0.05, 0.1) is 0 Å². The molecule has 0 atom stereocenters. The van der Waals surface area contributed by atoms with Crippen molar-refractivity contribution in [3.05, 3.63) is 24.4 Å². The Balaban J connectivity index is 1.42. The molecule has 1 saturated carbocycles. The third kappa shape index (κ3) is 3.21. The highest BCUT2D eigenvalue weighted by Gasteiger charge is 2.22. The lowest BCUT2D eigenvalue weighted by atomic mass is 10.3. The Bertz CT molecular complexity index is 542. The molecule has 2 heterocycles. The van der Waals surface area contributed by atoms with Crippen molar-refractivity contribution in [2.24, 2.45) is 0 Å². The molecule has 1 fully saturated rings. The van der Waals surface area contributed by atoms with Crippen LogP contribution < -0.4 is 10.6 Å². The zero-order valence-corrected chi connectivity index (χ0v) is 10.7. The quantitative estimate of drug-likeness (QED) is 0.765. The molecule has 0 aromatic carbocycles. The van der Waals surface area contributed by atoms with Gasteiger partial charge in [-0.1, -0.05) is 6.07 Å². The van der Waals surface area contributed by atoms with E-state index in [1.165, 1.54) is 0 Å². The van der Waals surface area contributed by atoms with Crippen molar-refractivity contribution in [3.8, 4) is 0 Å². The van der Waals surface area contributed by atoms with Crippen LogP contribution in [0.25, 0.3) is 5.65 Å². The average molecular weight is 259 g/mol. The number of carbonyl (C=O) groups excluding carboxylic acids is 1. The lowest BCUT2D eigenvalue weighted by Gasteiger charge is -2.03. The largest absolute Gasteiger partial charge is 0.353 e. The number of rotatable bonds is 6. The summed E-state index contributed by atoms with van der Waals surface area (Å²) >= 11 is 0. The van der Waals surface area contributed by atoms with Crippen LogP contribution in [0.3, 0.4) is 0 Å². The van der Waals surface area contributed by atoms with Crippen molar-refractivity contribution >= 4 is 17.5 Å². The minimum atomic E-state index is 0.146. The van der Waals surface area contributed by atoms with Crippen LogP contribution in [0.1, 0.15) is 25.7 Å². The van der Waals surface area contributed by atoms with E-state index in [1.54, 1.807) is 4.52 Å². The smallest absolute Gasteiger partial charge is 0.243 e. The molecule has 2 N–H and O–H groups in total. The molecule has 100 valence electrons. The fraction of sp³-hybridized carbons (Fsp3) is 0.462. The Hall–Kier alpha value is -2.11. The Labute approximate surface area is 111 Å². The summed E-state index contributed by atoms with van der Waals surface area (Å²) in [6, 6.07) is 6.19.